The number of aryl methyl sites for hydroxylation is 1. The second kappa shape index (κ2) is 8.61. The van der Waals surface area contributed by atoms with Crippen molar-refractivity contribution in [1.82, 2.24) is 20.1 Å². The molecule has 8 nitrogen and oxygen atoms in total. The van der Waals surface area contributed by atoms with Crippen LogP contribution in [0.3, 0.4) is 0 Å². The molecule has 0 aliphatic carbocycles. The number of anilines is 2. The summed E-state index contributed by atoms with van der Waals surface area (Å²) in [6.45, 7) is 7.50. The lowest BCUT2D eigenvalue weighted by Gasteiger charge is -2.31. The molecule has 8 heteroatoms. The minimum Gasteiger partial charge on any atom is -0.341 e. The summed E-state index contributed by atoms with van der Waals surface area (Å²) < 4.78 is 5.46. The van der Waals surface area contributed by atoms with Crippen molar-refractivity contribution >= 4 is 17.5 Å². The van der Waals surface area contributed by atoms with E-state index in [1.807, 2.05) is 39.0 Å². The summed E-state index contributed by atoms with van der Waals surface area (Å²) in [5.74, 6) is 1.92. The van der Waals surface area contributed by atoms with Gasteiger partial charge in [0.1, 0.15) is 0 Å². The molecule has 1 amide bonds. The van der Waals surface area contributed by atoms with Gasteiger partial charge in [0, 0.05) is 37.3 Å². The average Bonchev–Trinajstić information content (AvgIpc) is 3.26. The molecular weight excluding hydrogens is 380 g/mol. The van der Waals surface area contributed by atoms with Crippen molar-refractivity contribution < 1.29 is 9.32 Å². The molecule has 0 unspecified atom stereocenters. The van der Waals surface area contributed by atoms with Crippen LogP contribution in [0.1, 0.15) is 44.0 Å². The van der Waals surface area contributed by atoms with Crippen LogP contribution in [0.5, 0.6) is 0 Å². The molecule has 0 bridgehead atoms. The number of rotatable bonds is 5. The van der Waals surface area contributed by atoms with Gasteiger partial charge in [-0.3, -0.25) is 4.79 Å². The fourth-order valence-electron chi connectivity index (χ4n) is 3.61. The van der Waals surface area contributed by atoms with E-state index in [0.29, 0.717) is 11.7 Å². The molecule has 1 aliphatic heterocycles. The average molecular weight is 406 g/mol. The van der Waals surface area contributed by atoms with Gasteiger partial charge in [-0.1, -0.05) is 31.1 Å². The molecule has 0 spiro atoms. The van der Waals surface area contributed by atoms with Gasteiger partial charge in [-0.2, -0.15) is 4.98 Å². The topological polar surface area (TPSA) is 97.0 Å². The molecule has 30 heavy (non-hydrogen) atoms. The number of nitrogens with zero attached hydrogens (tertiary/aromatic N) is 5. The van der Waals surface area contributed by atoms with Crippen molar-refractivity contribution in [1.29, 1.82) is 0 Å². The second-order valence-electron chi connectivity index (χ2n) is 7.91. The van der Waals surface area contributed by atoms with E-state index in [4.69, 9.17) is 4.52 Å². The van der Waals surface area contributed by atoms with Crippen molar-refractivity contribution in [3.8, 4) is 11.5 Å². The molecule has 2 aromatic heterocycles. The van der Waals surface area contributed by atoms with Crippen LogP contribution in [0.2, 0.25) is 0 Å². The molecule has 0 radical (unpaired) electrons. The first-order valence-corrected chi connectivity index (χ1v) is 10.3. The van der Waals surface area contributed by atoms with Crippen LogP contribution in [0.4, 0.5) is 11.6 Å². The van der Waals surface area contributed by atoms with Crippen molar-refractivity contribution in [3.05, 3.63) is 48.0 Å². The maximum absolute atomic E-state index is 13.0. The Morgan fingerprint density at radius 1 is 1.17 bits per heavy atom. The highest BCUT2D eigenvalue weighted by Crippen LogP contribution is 2.32. The van der Waals surface area contributed by atoms with E-state index in [0.717, 1.165) is 48.7 Å². The smallest absolute Gasteiger partial charge is 0.260 e. The predicted molar refractivity (Wildman–Crippen MR) is 114 cm³/mol. The Balaban J connectivity index is 1.47. The van der Waals surface area contributed by atoms with Crippen LogP contribution in [0.15, 0.2) is 41.2 Å². The minimum absolute atomic E-state index is 0.0165. The molecule has 1 fully saturated rings. The van der Waals surface area contributed by atoms with Gasteiger partial charge in [-0.25, -0.2) is 9.97 Å². The highest BCUT2D eigenvalue weighted by atomic mass is 16.5. The van der Waals surface area contributed by atoms with Crippen LogP contribution in [-0.4, -0.2) is 39.1 Å². The van der Waals surface area contributed by atoms with Crippen molar-refractivity contribution in [2.75, 3.05) is 23.3 Å². The number of hydrogen-bond donors (Lipinski definition) is 1. The van der Waals surface area contributed by atoms with E-state index >= 15 is 0 Å². The number of benzene rings is 1. The van der Waals surface area contributed by atoms with Crippen molar-refractivity contribution in [3.63, 3.8) is 0 Å². The van der Waals surface area contributed by atoms with Gasteiger partial charge < -0.3 is 14.7 Å². The lowest BCUT2D eigenvalue weighted by Crippen LogP contribution is -2.39. The number of carbonyl (C=O) groups excluding carboxylic acids is 1. The number of hydrogen-bond acceptors (Lipinski definition) is 7. The van der Waals surface area contributed by atoms with Crippen LogP contribution < -0.4 is 10.2 Å². The number of aromatic nitrogens is 4. The van der Waals surface area contributed by atoms with Gasteiger partial charge in [-0.15, -0.1) is 0 Å². The molecule has 1 aliphatic rings. The molecule has 0 atom stereocenters. The Kier molecular flexibility index (Phi) is 5.74. The highest BCUT2D eigenvalue weighted by molar-refractivity contribution is 5.97. The molecule has 0 saturated carbocycles. The Morgan fingerprint density at radius 2 is 1.90 bits per heavy atom. The Labute approximate surface area is 175 Å². The second-order valence-corrected chi connectivity index (χ2v) is 7.91. The van der Waals surface area contributed by atoms with Crippen molar-refractivity contribution in [2.24, 2.45) is 5.92 Å². The summed E-state index contributed by atoms with van der Waals surface area (Å²) in [5.41, 5.74) is 2.44. The third-order valence-electron chi connectivity index (χ3n) is 5.41. The first kappa shape index (κ1) is 20.0. The summed E-state index contributed by atoms with van der Waals surface area (Å²) in [6.07, 6.45) is 4.98. The number of nitrogens with one attached hydrogen (secondary N) is 1. The zero-order chi connectivity index (χ0) is 21.1. The monoisotopic (exact) mass is 406 g/mol. The Morgan fingerprint density at radius 3 is 2.57 bits per heavy atom. The number of piperidine rings is 1. The minimum atomic E-state index is -0.0636. The van der Waals surface area contributed by atoms with E-state index in [1.165, 1.54) is 0 Å². The van der Waals surface area contributed by atoms with E-state index in [-0.39, 0.29) is 17.7 Å². The fourth-order valence-corrected chi connectivity index (χ4v) is 3.61. The third-order valence-corrected chi connectivity index (χ3v) is 5.41. The van der Waals surface area contributed by atoms with Gasteiger partial charge in [0.15, 0.2) is 5.82 Å². The standard InChI is InChI=1S/C22H26N6O2/c1-14(2)19-26-21(30-27-19)17-7-4-6-15(3)18(17)25-20(29)16-8-12-28(13-9-16)22-23-10-5-11-24-22/h4-7,10-11,14,16H,8-9,12-13H2,1-3H3,(H,25,29). The summed E-state index contributed by atoms with van der Waals surface area (Å²) in [6, 6.07) is 7.60. The van der Waals surface area contributed by atoms with Gasteiger partial charge in [-0.05, 0) is 37.5 Å². The Hall–Kier alpha value is -3.29. The highest BCUT2D eigenvalue weighted by Gasteiger charge is 2.27. The van der Waals surface area contributed by atoms with Crippen LogP contribution in [-0.2, 0) is 4.79 Å². The fraction of sp³-hybridized carbons (Fsp3) is 0.409. The SMILES string of the molecule is Cc1cccc(-c2nc(C(C)C)no2)c1NC(=O)C1CCN(c2ncccn2)CC1. The van der Waals surface area contributed by atoms with Gasteiger partial charge >= 0.3 is 0 Å². The van der Waals surface area contributed by atoms with Gasteiger partial charge in [0.25, 0.3) is 5.89 Å². The van der Waals surface area contributed by atoms with E-state index in [1.54, 1.807) is 18.5 Å². The number of para-hydroxylation sites is 1. The first-order chi connectivity index (χ1) is 14.5. The van der Waals surface area contributed by atoms with E-state index in [9.17, 15) is 4.79 Å². The molecule has 3 aromatic rings. The molecule has 1 aromatic carbocycles. The van der Waals surface area contributed by atoms with E-state index < -0.39 is 0 Å². The summed E-state index contributed by atoms with van der Waals surface area (Å²) in [4.78, 5) is 28.3. The summed E-state index contributed by atoms with van der Waals surface area (Å²) >= 11 is 0. The zero-order valence-electron chi connectivity index (χ0n) is 17.5. The normalized spacial score (nSPS) is 14.9. The molecule has 4 rings (SSSR count). The Bertz CT molecular complexity index is 1010. The predicted octanol–water partition coefficient (Wildman–Crippen LogP) is 3.81. The zero-order valence-corrected chi connectivity index (χ0v) is 17.5. The maximum atomic E-state index is 13.0. The van der Waals surface area contributed by atoms with Crippen LogP contribution in [0, 0.1) is 12.8 Å². The number of amides is 1. The third kappa shape index (κ3) is 4.17. The van der Waals surface area contributed by atoms with Gasteiger partial charge in [0.05, 0.1) is 11.3 Å². The largest absolute Gasteiger partial charge is 0.341 e. The molecule has 3 heterocycles. The maximum Gasteiger partial charge on any atom is 0.260 e. The first-order valence-electron chi connectivity index (χ1n) is 10.3. The quantitative estimate of drug-likeness (QED) is 0.688. The summed E-state index contributed by atoms with van der Waals surface area (Å²) in [7, 11) is 0. The lowest BCUT2D eigenvalue weighted by molar-refractivity contribution is -0.120. The van der Waals surface area contributed by atoms with Gasteiger partial charge in [0.2, 0.25) is 11.9 Å². The summed E-state index contributed by atoms with van der Waals surface area (Å²) in [5, 5.41) is 7.18. The van der Waals surface area contributed by atoms with Crippen molar-refractivity contribution in [2.45, 2.75) is 39.5 Å². The molecule has 156 valence electrons. The van der Waals surface area contributed by atoms with Crippen LogP contribution in [0.25, 0.3) is 11.5 Å². The molecule has 1 saturated heterocycles. The molecular formula is C22H26N6O2. The number of carbonyl (C=O) groups is 1. The molecule has 1 N–H and O–H groups in total. The lowest BCUT2D eigenvalue weighted by atomic mass is 9.95. The van der Waals surface area contributed by atoms with E-state index in [2.05, 4.69) is 30.3 Å². The van der Waals surface area contributed by atoms with Crippen LogP contribution >= 0.6 is 0 Å².